The van der Waals surface area contributed by atoms with Crippen molar-refractivity contribution < 1.29 is 8.39 Å². The number of aromatic nitrogens is 2. The highest BCUT2D eigenvalue weighted by atomic mass is 31.1. The van der Waals surface area contributed by atoms with Crippen LogP contribution in [0, 0.1) is 0 Å². The lowest BCUT2D eigenvalue weighted by Crippen LogP contribution is -1.79. The van der Waals surface area contributed by atoms with Crippen LogP contribution in [0.5, 0.6) is 0 Å². The van der Waals surface area contributed by atoms with Crippen molar-refractivity contribution in [3.05, 3.63) is 91.5 Å². The molecule has 5 heteroatoms. The van der Waals surface area contributed by atoms with Gasteiger partial charge in [-0.3, -0.25) is 0 Å². The Kier molecular flexibility index (Phi) is 3.34. The van der Waals surface area contributed by atoms with E-state index < -0.39 is 8.16 Å². The van der Waals surface area contributed by atoms with E-state index in [1.807, 2.05) is 22.7 Å². The summed E-state index contributed by atoms with van der Waals surface area (Å²) in [5, 5.41) is 6.83. The summed E-state index contributed by atoms with van der Waals surface area (Å²) in [5.41, 5.74) is 1.65. The van der Waals surface area contributed by atoms with Crippen LogP contribution in [-0.2, 0) is 0 Å². The first-order valence-corrected chi connectivity index (χ1v) is 10.2. The molecule has 4 nitrogen and oxygen atoms in total. The molecule has 0 saturated heterocycles. The van der Waals surface area contributed by atoms with Crippen molar-refractivity contribution in [2.24, 2.45) is 0 Å². The molecule has 0 fully saturated rings. The lowest BCUT2D eigenvalue weighted by atomic mass is 9.99. The largest absolute Gasteiger partial charge is 0.403 e. The highest BCUT2D eigenvalue weighted by molar-refractivity contribution is 7.35. The topological polar surface area (TPSA) is 44.1 Å². The van der Waals surface area contributed by atoms with Crippen molar-refractivity contribution in [1.82, 2.24) is 9.32 Å². The Hall–Kier alpha value is -3.49. The fourth-order valence-corrected chi connectivity index (χ4v) is 4.98. The molecular weight excluding hydrogens is 367 g/mol. The maximum Gasteiger partial charge on any atom is 0.346 e. The van der Waals surface area contributed by atoms with Crippen molar-refractivity contribution in [3.8, 4) is 0 Å². The minimum atomic E-state index is -1.39. The molecule has 134 valence electrons. The predicted octanol–water partition coefficient (Wildman–Crippen LogP) is 7.10. The van der Waals surface area contributed by atoms with Gasteiger partial charge in [0.2, 0.25) is 0 Å². The molecule has 0 bridgehead atoms. The van der Waals surface area contributed by atoms with Crippen LogP contribution >= 0.6 is 8.16 Å². The summed E-state index contributed by atoms with van der Waals surface area (Å²) >= 11 is 0. The van der Waals surface area contributed by atoms with Crippen LogP contribution in [0.3, 0.4) is 0 Å². The number of hydrogen-bond donors (Lipinski definition) is 0. The maximum absolute atomic E-state index is 6.41. The monoisotopic (exact) mass is 382 g/mol. The number of nitrogens with zero attached hydrogens (tertiary/aromatic N) is 2. The first-order chi connectivity index (χ1) is 13.9. The van der Waals surface area contributed by atoms with Gasteiger partial charge in [-0.1, -0.05) is 60.7 Å². The first-order valence-electron chi connectivity index (χ1n) is 9.07. The third kappa shape index (κ3) is 2.29. The smallest absolute Gasteiger partial charge is 0.346 e. The highest BCUT2D eigenvalue weighted by Gasteiger charge is 2.13. The molecule has 0 atom stereocenters. The molecule has 0 unspecified atom stereocenters. The van der Waals surface area contributed by atoms with Crippen molar-refractivity contribution in [2.75, 3.05) is 0 Å². The van der Waals surface area contributed by atoms with E-state index in [4.69, 9.17) is 8.39 Å². The Morgan fingerprint density at radius 2 is 1.25 bits per heavy atom. The minimum Gasteiger partial charge on any atom is -0.403 e. The highest BCUT2D eigenvalue weighted by Crippen LogP contribution is 2.41. The number of hydrogen-bond acceptors (Lipinski definition) is 3. The van der Waals surface area contributed by atoms with Gasteiger partial charge in [-0.15, -0.1) is 0 Å². The van der Waals surface area contributed by atoms with Crippen molar-refractivity contribution in [3.63, 3.8) is 0 Å². The lowest BCUT2D eigenvalue weighted by molar-refractivity contribution is 0.628. The van der Waals surface area contributed by atoms with Gasteiger partial charge >= 0.3 is 8.16 Å². The molecule has 0 saturated carbocycles. The van der Waals surface area contributed by atoms with Gasteiger partial charge in [-0.05, 0) is 33.7 Å². The molecule has 4 aromatic carbocycles. The molecule has 0 N–H and O–H groups in total. The van der Waals surface area contributed by atoms with Crippen LogP contribution in [-0.4, -0.2) is 9.32 Å². The molecular formula is C23H15N2O2P. The van der Waals surface area contributed by atoms with Gasteiger partial charge in [-0.25, -0.2) is 9.32 Å². The Morgan fingerprint density at radius 1 is 0.679 bits per heavy atom. The van der Waals surface area contributed by atoms with E-state index in [0.29, 0.717) is 0 Å². The molecule has 0 spiro atoms. The second-order valence-electron chi connectivity index (χ2n) is 6.68. The molecule has 0 radical (unpaired) electrons. The standard InChI is InChI=1S/C23H15N2O2P/c1-3-7-18-16(5-1)9-11-20-22(18)23-19-8-4-2-6-17(19)10-12-21(23)27-28(26-20)25-14-13-24-15-25/h1-15H. The zero-order valence-corrected chi connectivity index (χ0v) is 15.7. The van der Waals surface area contributed by atoms with Gasteiger partial charge in [0.15, 0.2) is 0 Å². The van der Waals surface area contributed by atoms with Crippen LogP contribution in [0.2, 0.25) is 0 Å². The molecule has 6 aromatic rings. The Labute approximate surface area is 161 Å². The second kappa shape index (κ2) is 6.01. The number of fused-ring (bicyclic) bond motifs is 7. The number of imidazole rings is 1. The maximum atomic E-state index is 6.41. The van der Waals surface area contributed by atoms with E-state index in [9.17, 15) is 0 Å². The average molecular weight is 382 g/mol. The third-order valence-electron chi connectivity index (χ3n) is 5.06. The van der Waals surface area contributed by atoms with Gasteiger partial charge in [0.05, 0.1) is 0 Å². The van der Waals surface area contributed by atoms with Crippen molar-refractivity contribution >= 4 is 51.6 Å². The van der Waals surface area contributed by atoms with Crippen LogP contribution in [0.4, 0.5) is 0 Å². The van der Waals surface area contributed by atoms with E-state index in [1.165, 1.54) is 10.8 Å². The Balaban J connectivity index is 1.96. The second-order valence-corrected chi connectivity index (χ2v) is 7.99. The van der Waals surface area contributed by atoms with Crippen LogP contribution in [0.1, 0.15) is 0 Å². The Bertz CT molecular complexity index is 1420. The quantitative estimate of drug-likeness (QED) is 0.304. The molecule has 0 aliphatic rings. The molecule has 2 heterocycles. The van der Waals surface area contributed by atoms with Crippen molar-refractivity contribution in [1.29, 1.82) is 0 Å². The van der Waals surface area contributed by atoms with Gasteiger partial charge < -0.3 is 8.39 Å². The van der Waals surface area contributed by atoms with Crippen LogP contribution < -0.4 is 0 Å². The van der Waals surface area contributed by atoms with Gasteiger partial charge in [-0.2, -0.15) is 0 Å². The lowest BCUT2D eigenvalue weighted by Gasteiger charge is -2.05. The van der Waals surface area contributed by atoms with Gasteiger partial charge in [0.1, 0.15) is 17.5 Å². The SMILES string of the molecule is c1ccc2c(c1)ccc1op(-n3ccnc3)oc3ccc4ccccc4c3c12. The van der Waals surface area contributed by atoms with E-state index in [1.54, 1.807) is 12.5 Å². The summed E-state index contributed by atoms with van der Waals surface area (Å²) in [6, 6.07) is 25.1. The molecule has 0 aliphatic carbocycles. The minimum absolute atomic E-state index is 0.827. The van der Waals surface area contributed by atoms with Crippen molar-refractivity contribution in [2.45, 2.75) is 0 Å². The van der Waals surface area contributed by atoms with E-state index >= 15 is 0 Å². The summed E-state index contributed by atoms with van der Waals surface area (Å²) in [7, 11) is -1.39. The predicted molar refractivity (Wildman–Crippen MR) is 114 cm³/mol. The van der Waals surface area contributed by atoms with Crippen LogP contribution in [0.25, 0.3) is 43.5 Å². The fraction of sp³-hybridized carbons (Fsp3) is 0. The molecule has 0 aliphatic heterocycles. The first kappa shape index (κ1) is 15.6. The molecule has 6 rings (SSSR count). The third-order valence-corrected chi connectivity index (χ3v) is 6.38. The number of rotatable bonds is 1. The molecule has 28 heavy (non-hydrogen) atoms. The van der Waals surface area contributed by atoms with E-state index in [0.717, 1.165) is 32.7 Å². The van der Waals surface area contributed by atoms with E-state index in [-0.39, 0.29) is 0 Å². The van der Waals surface area contributed by atoms with Gasteiger partial charge in [0, 0.05) is 23.2 Å². The summed E-state index contributed by atoms with van der Waals surface area (Å²) in [6.45, 7) is 0. The van der Waals surface area contributed by atoms with E-state index in [2.05, 4.69) is 65.6 Å². The van der Waals surface area contributed by atoms with Gasteiger partial charge in [0.25, 0.3) is 0 Å². The summed E-state index contributed by atoms with van der Waals surface area (Å²) in [4.78, 5) is 4.16. The molecule has 2 aromatic heterocycles. The summed E-state index contributed by atoms with van der Waals surface area (Å²) in [5.74, 6) is 0. The summed E-state index contributed by atoms with van der Waals surface area (Å²) < 4.78 is 14.7. The Morgan fingerprint density at radius 3 is 1.79 bits per heavy atom. The average Bonchev–Trinajstić information content (AvgIpc) is 3.22. The fourth-order valence-electron chi connectivity index (χ4n) is 3.80. The number of benzene rings is 4. The molecule has 0 amide bonds. The normalized spacial score (nSPS) is 11.6. The van der Waals surface area contributed by atoms with Crippen LogP contribution in [0.15, 0.2) is 99.9 Å². The summed E-state index contributed by atoms with van der Waals surface area (Å²) in [6.07, 6.45) is 5.35. The zero-order chi connectivity index (χ0) is 18.5. The zero-order valence-electron chi connectivity index (χ0n) is 14.8.